The van der Waals surface area contributed by atoms with Crippen molar-refractivity contribution in [3.8, 4) is 6.07 Å². The van der Waals surface area contributed by atoms with Gasteiger partial charge in [-0.15, -0.1) is 11.8 Å². The van der Waals surface area contributed by atoms with Gasteiger partial charge >= 0.3 is 0 Å². The van der Waals surface area contributed by atoms with Crippen molar-refractivity contribution in [1.29, 1.82) is 5.26 Å². The number of benzene rings is 1. The van der Waals surface area contributed by atoms with Gasteiger partial charge in [-0.05, 0) is 24.6 Å². The number of thioether (sulfide) groups is 1. The number of halogens is 1. The maximum absolute atomic E-state index is 12.9. The SMILES string of the molecule is N#Cc1cc(F)cc(SCCCO)c1. The predicted octanol–water partition coefficient (Wildman–Crippen LogP) is 2.17. The first-order chi connectivity index (χ1) is 6.76. The molecule has 0 aliphatic rings. The van der Waals surface area contributed by atoms with E-state index in [0.717, 1.165) is 10.6 Å². The zero-order valence-corrected chi connectivity index (χ0v) is 8.35. The minimum Gasteiger partial charge on any atom is -0.396 e. The summed E-state index contributed by atoms with van der Waals surface area (Å²) in [7, 11) is 0. The Kier molecular flexibility index (Phi) is 4.44. The summed E-state index contributed by atoms with van der Waals surface area (Å²) in [5.74, 6) is 0.334. The second kappa shape index (κ2) is 5.63. The summed E-state index contributed by atoms with van der Waals surface area (Å²) in [5, 5.41) is 17.2. The van der Waals surface area contributed by atoms with Crippen molar-refractivity contribution in [1.82, 2.24) is 0 Å². The van der Waals surface area contributed by atoms with E-state index in [-0.39, 0.29) is 6.61 Å². The molecule has 0 aromatic heterocycles. The van der Waals surface area contributed by atoms with E-state index in [2.05, 4.69) is 0 Å². The summed E-state index contributed by atoms with van der Waals surface area (Å²) in [6.45, 7) is 0.132. The van der Waals surface area contributed by atoms with E-state index in [0.29, 0.717) is 12.0 Å². The van der Waals surface area contributed by atoms with E-state index in [9.17, 15) is 4.39 Å². The lowest BCUT2D eigenvalue weighted by Crippen LogP contribution is -1.87. The van der Waals surface area contributed by atoms with Crippen molar-refractivity contribution in [2.24, 2.45) is 0 Å². The first-order valence-corrected chi connectivity index (χ1v) is 5.19. The molecule has 0 saturated carbocycles. The molecule has 0 saturated heterocycles. The molecule has 0 unspecified atom stereocenters. The van der Waals surface area contributed by atoms with Gasteiger partial charge < -0.3 is 5.11 Å². The van der Waals surface area contributed by atoms with E-state index in [4.69, 9.17) is 10.4 Å². The molecule has 4 heteroatoms. The molecule has 0 heterocycles. The number of hydrogen-bond donors (Lipinski definition) is 1. The average Bonchev–Trinajstić information content (AvgIpc) is 2.17. The highest BCUT2D eigenvalue weighted by Gasteiger charge is 2.00. The number of aliphatic hydroxyl groups excluding tert-OH is 1. The van der Waals surface area contributed by atoms with Crippen LogP contribution in [0.4, 0.5) is 4.39 Å². The molecule has 74 valence electrons. The zero-order valence-electron chi connectivity index (χ0n) is 7.53. The predicted molar refractivity (Wildman–Crippen MR) is 53.5 cm³/mol. The van der Waals surface area contributed by atoms with Crippen LogP contribution in [0.5, 0.6) is 0 Å². The summed E-state index contributed by atoms with van der Waals surface area (Å²) in [6.07, 6.45) is 0.670. The molecule has 0 bridgehead atoms. The lowest BCUT2D eigenvalue weighted by molar-refractivity contribution is 0.296. The van der Waals surface area contributed by atoms with Crippen LogP contribution in [0, 0.1) is 17.1 Å². The molecule has 0 radical (unpaired) electrons. The van der Waals surface area contributed by atoms with Gasteiger partial charge in [0.15, 0.2) is 0 Å². The van der Waals surface area contributed by atoms with E-state index in [1.807, 2.05) is 6.07 Å². The fourth-order valence-corrected chi connectivity index (χ4v) is 1.88. The molecule has 1 aromatic rings. The van der Waals surface area contributed by atoms with Crippen molar-refractivity contribution in [3.63, 3.8) is 0 Å². The summed E-state index contributed by atoms with van der Waals surface area (Å²) >= 11 is 1.44. The molecule has 1 rings (SSSR count). The van der Waals surface area contributed by atoms with Crippen molar-refractivity contribution >= 4 is 11.8 Å². The fraction of sp³-hybridized carbons (Fsp3) is 0.300. The highest BCUT2D eigenvalue weighted by molar-refractivity contribution is 7.99. The molecule has 0 atom stereocenters. The van der Waals surface area contributed by atoms with Crippen LogP contribution in [0.25, 0.3) is 0 Å². The number of nitriles is 1. The second-order valence-corrected chi connectivity index (χ2v) is 3.88. The Balaban J connectivity index is 2.68. The molecular formula is C10H10FNOS. The fourth-order valence-electron chi connectivity index (χ4n) is 0.965. The van der Waals surface area contributed by atoms with Crippen LogP contribution in [0.15, 0.2) is 23.1 Å². The molecule has 1 N–H and O–H groups in total. The highest BCUT2D eigenvalue weighted by Crippen LogP contribution is 2.21. The zero-order chi connectivity index (χ0) is 10.4. The highest BCUT2D eigenvalue weighted by atomic mass is 32.2. The maximum Gasteiger partial charge on any atom is 0.125 e. The molecular weight excluding hydrogens is 201 g/mol. The van der Waals surface area contributed by atoms with Crippen LogP contribution in [0.3, 0.4) is 0 Å². The van der Waals surface area contributed by atoms with E-state index >= 15 is 0 Å². The van der Waals surface area contributed by atoms with Gasteiger partial charge in [-0.3, -0.25) is 0 Å². The van der Waals surface area contributed by atoms with E-state index < -0.39 is 5.82 Å². The number of hydrogen-bond acceptors (Lipinski definition) is 3. The Morgan fingerprint density at radius 3 is 2.86 bits per heavy atom. The topological polar surface area (TPSA) is 44.0 Å². The van der Waals surface area contributed by atoms with Gasteiger partial charge in [-0.25, -0.2) is 4.39 Å². The van der Waals surface area contributed by atoms with E-state index in [1.54, 1.807) is 6.07 Å². The Hall–Kier alpha value is -1.05. The van der Waals surface area contributed by atoms with Crippen molar-refractivity contribution < 1.29 is 9.50 Å². The maximum atomic E-state index is 12.9. The molecule has 0 fully saturated rings. The second-order valence-electron chi connectivity index (χ2n) is 2.71. The van der Waals surface area contributed by atoms with Gasteiger partial charge in [-0.2, -0.15) is 5.26 Å². The normalized spacial score (nSPS) is 9.79. The molecule has 0 aliphatic carbocycles. The van der Waals surface area contributed by atoms with Gasteiger partial charge in [0.25, 0.3) is 0 Å². The summed E-state index contributed by atoms with van der Waals surface area (Å²) in [5.41, 5.74) is 0.330. The first kappa shape index (κ1) is 11.0. The summed E-state index contributed by atoms with van der Waals surface area (Å²) in [4.78, 5) is 0.731. The molecule has 2 nitrogen and oxygen atoms in total. The van der Waals surface area contributed by atoms with Gasteiger partial charge in [-0.1, -0.05) is 0 Å². The molecule has 0 amide bonds. The van der Waals surface area contributed by atoms with Crippen molar-refractivity contribution in [2.45, 2.75) is 11.3 Å². The van der Waals surface area contributed by atoms with Gasteiger partial charge in [0.1, 0.15) is 5.82 Å². The summed E-state index contributed by atoms with van der Waals surface area (Å²) in [6, 6.07) is 6.14. The average molecular weight is 211 g/mol. The summed E-state index contributed by atoms with van der Waals surface area (Å²) < 4.78 is 12.9. The molecule has 1 aromatic carbocycles. The third-order valence-electron chi connectivity index (χ3n) is 1.57. The van der Waals surface area contributed by atoms with Crippen molar-refractivity contribution in [2.75, 3.05) is 12.4 Å². The Morgan fingerprint density at radius 1 is 1.43 bits per heavy atom. The number of nitrogens with zero attached hydrogens (tertiary/aromatic N) is 1. The minimum absolute atomic E-state index is 0.132. The standard InChI is InChI=1S/C10H10FNOS/c11-9-4-8(7-12)5-10(6-9)14-3-1-2-13/h4-6,13H,1-3H2. The third-order valence-corrected chi connectivity index (χ3v) is 2.63. The first-order valence-electron chi connectivity index (χ1n) is 4.20. The lowest BCUT2D eigenvalue weighted by atomic mass is 10.2. The van der Waals surface area contributed by atoms with Crippen LogP contribution < -0.4 is 0 Å². The quantitative estimate of drug-likeness (QED) is 0.613. The monoisotopic (exact) mass is 211 g/mol. The number of aliphatic hydroxyl groups is 1. The van der Waals surface area contributed by atoms with Gasteiger partial charge in [0.05, 0.1) is 11.6 Å². The molecule has 0 aliphatic heterocycles. The Morgan fingerprint density at radius 2 is 2.21 bits per heavy atom. The van der Waals surface area contributed by atoms with Crippen LogP contribution in [0.2, 0.25) is 0 Å². The van der Waals surface area contributed by atoms with Crippen LogP contribution >= 0.6 is 11.8 Å². The minimum atomic E-state index is -0.393. The molecule has 0 spiro atoms. The lowest BCUT2D eigenvalue weighted by Gasteiger charge is -2.00. The smallest absolute Gasteiger partial charge is 0.125 e. The number of rotatable bonds is 4. The Bertz CT molecular complexity index is 348. The molecule has 14 heavy (non-hydrogen) atoms. The van der Waals surface area contributed by atoms with E-state index in [1.165, 1.54) is 23.9 Å². The van der Waals surface area contributed by atoms with Crippen LogP contribution in [-0.2, 0) is 0 Å². The van der Waals surface area contributed by atoms with Gasteiger partial charge in [0.2, 0.25) is 0 Å². The van der Waals surface area contributed by atoms with Crippen LogP contribution in [-0.4, -0.2) is 17.5 Å². The van der Waals surface area contributed by atoms with Crippen LogP contribution in [0.1, 0.15) is 12.0 Å². The largest absolute Gasteiger partial charge is 0.396 e. The Labute approximate surface area is 86.4 Å². The third kappa shape index (κ3) is 3.36. The van der Waals surface area contributed by atoms with Crippen molar-refractivity contribution in [3.05, 3.63) is 29.6 Å². The van der Waals surface area contributed by atoms with Gasteiger partial charge in [0, 0.05) is 17.3 Å².